The maximum absolute atomic E-state index is 14.7. The number of nitrogens with two attached hydrogens (primary N) is 1. The average molecular weight is 598 g/mol. The molecule has 0 radical (unpaired) electrons. The topological polar surface area (TPSA) is 134 Å². The first kappa shape index (κ1) is 29.7. The summed E-state index contributed by atoms with van der Waals surface area (Å²) in [6, 6.07) is 6.10. The number of hydrogen-bond donors (Lipinski definition) is 2. The molecule has 224 valence electrons. The van der Waals surface area contributed by atoms with Crippen LogP contribution >= 0.6 is 11.3 Å². The number of amides is 1. The van der Waals surface area contributed by atoms with E-state index >= 15 is 0 Å². The second kappa shape index (κ2) is 11.5. The lowest BCUT2D eigenvalue weighted by atomic mass is 9.79. The highest BCUT2D eigenvalue weighted by molar-refractivity contribution is 7.21. The smallest absolute Gasteiger partial charge is 0.333 e. The van der Waals surface area contributed by atoms with Crippen LogP contribution in [0.2, 0.25) is 0 Å². The van der Waals surface area contributed by atoms with Crippen LogP contribution in [0.1, 0.15) is 63.0 Å². The Labute approximate surface area is 246 Å². The van der Waals surface area contributed by atoms with Crippen LogP contribution in [0, 0.1) is 18.7 Å². The Morgan fingerprint density at radius 3 is 2.60 bits per heavy atom. The van der Waals surface area contributed by atoms with Gasteiger partial charge in [0.1, 0.15) is 26.9 Å². The summed E-state index contributed by atoms with van der Waals surface area (Å²) in [6.07, 6.45) is 6.61. The monoisotopic (exact) mass is 597 g/mol. The predicted octanol–water partition coefficient (Wildman–Crippen LogP) is 3.81. The number of ether oxygens (including phenoxy) is 1. The molecule has 3 heterocycles. The van der Waals surface area contributed by atoms with Gasteiger partial charge in [-0.3, -0.25) is 14.2 Å². The molecular formula is C30H36FN5O5S. The van der Waals surface area contributed by atoms with E-state index in [9.17, 15) is 23.9 Å². The number of aromatic nitrogens is 4. The SMILES string of the molecule is COc1ccc(F)cc1[C@@H](CC1CCC(O)CC1)Cn1c(=O)n(C(C)(C)C(N)=O)c(=O)c2c(C)c(-n3cccn3)sc21. The Morgan fingerprint density at radius 1 is 1.26 bits per heavy atom. The number of carbonyl (C=O) groups excluding carboxylic acids is 1. The number of aliphatic hydroxyl groups excluding tert-OH is 1. The lowest BCUT2D eigenvalue weighted by Gasteiger charge is -2.30. The Hall–Kier alpha value is -3.77. The number of aryl methyl sites for hydroxylation is 1. The van der Waals surface area contributed by atoms with Crippen LogP contribution in [0.15, 0.2) is 46.2 Å². The second-order valence-corrected chi connectivity index (χ2v) is 12.6. The van der Waals surface area contributed by atoms with E-state index in [2.05, 4.69) is 5.10 Å². The van der Waals surface area contributed by atoms with Gasteiger partial charge < -0.3 is 15.6 Å². The van der Waals surface area contributed by atoms with Crippen molar-refractivity contribution in [3.8, 4) is 10.8 Å². The van der Waals surface area contributed by atoms with Gasteiger partial charge in [0.05, 0.1) is 18.6 Å². The van der Waals surface area contributed by atoms with Crippen LogP contribution in [0.4, 0.5) is 4.39 Å². The molecule has 5 rings (SSSR count). The van der Waals surface area contributed by atoms with Gasteiger partial charge >= 0.3 is 5.69 Å². The molecule has 42 heavy (non-hydrogen) atoms. The van der Waals surface area contributed by atoms with Crippen LogP contribution < -0.4 is 21.7 Å². The number of rotatable bonds is 9. The first-order chi connectivity index (χ1) is 19.9. The molecule has 1 aliphatic carbocycles. The van der Waals surface area contributed by atoms with Crippen LogP contribution in [-0.2, 0) is 16.9 Å². The van der Waals surface area contributed by atoms with Crippen molar-refractivity contribution in [3.63, 3.8) is 0 Å². The number of carbonyl (C=O) groups is 1. The number of methoxy groups -OCH3 is 1. The summed E-state index contributed by atoms with van der Waals surface area (Å²) in [6.45, 7) is 4.78. The molecule has 0 bridgehead atoms. The summed E-state index contributed by atoms with van der Waals surface area (Å²) in [7, 11) is 1.52. The molecule has 1 saturated carbocycles. The molecule has 1 atom stereocenters. The maximum Gasteiger partial charge on any atom is 0.333 e. The Morgan fingerprint density at radius 2 is 1.98 bits per heavy atom. The van der Waals surface area contributed by atoms with Crippen molar-refractivity contribution in [3.05, 3.63) is 74.4 Å². The number of hydrogen-bond acceptors (Lipinski definition) is 7. The highest BCUT2D eigenvalue weighted by Gasteiger charge is 2.35. The molecule has 0 unspecified atom stereocenters. The zero-order chi connectivity index (χ0) is 30.3. The zero-order valence-corrected chi connectivity index (χ0v) is 25.0. The molecule has 1 aromatic carbocycles. The van der Waals surface area contributed by atoms with Crippen molar-refractivity contribution < 1.29 is 19.0 Å². The molecule has 0 aliphatic heterocycles. The fraction of sp³-hybridized carbons (Fsp3) is 0.467. The summed E-state index contributed by atoms with van der Waals surface area (Å²) in [5.41, 5.74) is 4.03. The van der Waals surface area contributed by atoms with Crippen LogP contribution in [-0.4, -0.2) is 43.1 Å². The first-order valence-corrected chi connectivity index (χ1v) is 14.9. The van der Waals surface area contributed by atoms with Gasteiger partial charge in [0.2, 0.25) is 5.91 Å². The quantitative estimate of drug-likeness (QED) is 0.301. The summed E-state index contributed by atoms with van der Waals surface area (Å²) < 4.78 is 24.4. The molecule has 1 amide bonds. The lowest BCUT2D eigenvalue weighted by molar-refractivity contribution is -0.125. The number of primary amides is 1. The summed E-state index contributed by atoms with van der Waals surface area (Å²) in [5.74, 6) is -0.908. The van der Waals surface area contributed by atoms with E-state index in [0.29, 0.717) is 51.4 Å². The number of thiophene rings is 1. The summed E-state index contributed by atoms with van der Waals surface area (Å²) in [5, 5.41) is 15.4. The third kappa shape index (κ3) is 5.29. The van der Waals surface area contributed by atoms with Crippen molar-refractivity contribution in [1.29, 1.82) is 0 Å². The molecular weight excluding hydrogens is 561 g/mol. The molecule has 10 nitrogen and oxygen atoms in total. The van der Waals surface area contributed by atoms with Gasteiger partial charge in [-0.25, -0.2) is 18.4 Å². The Bertz CT molecular complexity index is 1730. The number of halogens is 1. The molecule has 4 aromatic rings. The average Bonchev–Trinajstić information content (AvgIpc) is 3.59. The molecule has 3 N–H and O–H groups in total. The highest BCUT2D eigenvalue weighted by Crippen LogP contribution is 2.39. The molecule has 3 aromatic heterocycles. The van der Waals surface area contributed by atoms with Crippen LogP contribution in [0.5, 0.6) is 5.75 Å². The Kier molecular flexibility index (Phi) is 8.13. The largest absolute Gasteiger partial charge is 0.496 e. The van der Waals surface area contributed by atoms with Gasteiger partial charge in [-0.15, -0.1) is 0 Å². The third-order valence-corrected chi connectivity index (χ3v) is 9.83. The molecule has 1 fully saturated rings. The fourth-order valence-corrected chi connectivity index (χ4v) is 7.28. The van der Waals surface area contributed by atoms with E-state index in [0.717, 1.165) is 17.4 Å². The van der Waals surface area contributed by atoms with E-state index < -0.39 is 28.5 Å². The number of aliphatic hydroxyl groups is 1. The van der Waals surface area contributed by atoms with Gasteiger partial charge in [0.15, 0.2) is 0 Å². The zero-order valence-electron chi connectivity index (χ0n) is 24.2. The molecule has 12 heteroatoms. The number of nitrogens with zero attached hydrogens (tertiary/aromatic N) is 4. The van der Waals surface area contributed by atoms with E-state index in [1.807, 2.05) is 0 Å². The van der Waals surface area contributed by atoms with Crippen molar-refractivity contribution in [1.82, 2.24) is 18.9 Å². The van der Waals surface area contributed by atoms with E-state index in [1.54, 1.807) is 36.1 Å². The minimum absolute atomic E-state index is 0.0990. The third-order valence-electron chi connectivity index (χ3n) is 8.53. The van der Waals surface area contributed by atoms with Crippen molar-refractivity contribution in [2.24, 2.45) is 11.7 Å². The van der Waals surface area contributed by atoms with E-state index in [4.69, 9.17) is 10.5 Å². The first-order valence-electron chi connectivity index (χ1n) is 14.0. The fourth-order valence-electron chi connectivity index (χ4n) is 6.03. The summed E-state index contributed by atoms with van der Waals surface area (Å²) >= 11 is 1.26. The molecule has 1 aliphatic rings. The second-order valence-electron chi connectivity index (χ2n) is 11.6. The van der Waals surface area contributed by atoms with Gasteiger partial charge in [-0.1, -0.05) is 11.3 Å². The van der Waals surface area contributed by atoms with Gasteiger partial charge in [0, 0.05) is 36.0 Å². The van der Waals surface area contributed by atoms with E-state index in [-0.39, 0.29) is 24.5 Å². The molecule has 0 spiro atoms. The standard InChI is InChI=1S/C30H36FN5O5S/c1-17-24-25(38)36(30(2,3)28(32)39)29(40)34(27(24)42-26(17)35-13-5-12-33-35)16-19(14-18-6-9-21(37)10-7-18)22-15-20(31)8-11-23(22)41-4/h5,8,11-13,15,18-19,21,37H,6-7,9-10,14,16H2,1-4H3,(H2,32,39)/t18?,19-,21?/m0/s1. The minimum atomic E-state index is -1.62. The predicted molar refractivity (Wildman–Crippen MR) is 159 cm³/mol. The highest BCUT2D eigenvalue weighted by atomic mass is 32.1. The molecule has 0 saturated heterocycles. The normalized spacial score (nSPS) is 18.3. The maximum atomic E-state index is 14.7. The van der Waals surface area contributed by atoms with Gasteiger partial charge in [0.25, 0.3) is 5.56 Å². The van der Waals surface area contributed by atoms with Crippen LogP contribution in [0.25, 0.3) is 15.2 Å². The summed E-state index contributed by atoms with van der Waals surface area (Å²) in [4.78, 5) is 41.1. The van der Waals surface area contributed by atoms with Crippen molar-refractivity contribution in [2.75, 3.05) is 7.11 Å². The van der Waals surface area contributed by atoms with Crippen LogP contribution in [0.3, 0.4) is 0 Å². The van der Waals surface area contributed by atoms with Gasteiger partial charge in [-0.2, -0.15) is 5.10 Å². The number of fused-ring (bicyclic) bond motifs is 1. The minimum Gasteiger partial charge on any atom is -0.496 e. The van der Waals surface area contributed by atoms with Crippen molar-refractivity contribution in [2.45, 2.75) is 77.0 Å². The number of benzene rings is 1. The van der Waals surface area contributed by atoms with E-state index in [1.165, 1.54) is 49.0 Å². The Balaban J connectivity index is 1.75. The van der Waals surface area contributed by atoms with Crippen molar-refractivity contribution >= 4 is 27.5 Å². The lowest BCUT2D eigenvalue weighted by Crippen LogP contribution is -2.54. The van der Waals surface area contributed by atoms with Gasteiger partial charge in [-0.05, 0) is 83.1 Å².